The van der Waals surface area contributed by atoms with Crippen LogP contribution in [0.4, 0.5) is 16.2 Å². The van der Waals surface area contributed by atoms with Crippen LogP contribution < -0.4 is 16.0 Å². The fourth-order valence-corrected chi connectivity index (χ4v) is 2.15. The Morgan fingerprint density at radius 1 is 0.958 bits per heavy atom. The van der Waals surface area contributed by atoms with E-state index in [-0.39, 0.29) is 24.6 Å². The van der Waals surface area contributed by atoms with E-state index in [0.29, 0.717) is 11.4 Å². The highest BCUT2D eigenvalue weighted by molar-refractivity contribution is 5.93. The SMILES string of the molecule is COCC(=O)Nc1ccc(NC(=O)N[C@H](C)c2ccccc2)cc1. The number of rotatable bonds is 6. The predicted molar refractivity (Wildman–Crippen MR) is 94.0 cm³/mol. The summed E-state index contributed by atoms with van der Waals surface area (Å²) in [6.45, 7) is 1.92. The molecule has 6 nitrogen and oxygen atoms in total. The highest BCUT2D eigenvalue weighted by Crippen LogP contribution is 2.15. The van der Waals surface area contributed by atoms with Gasteiger partial charge in [-0.2, -0.15) is 0 Å². The maximum Gasteiger partial charge on any atom is 0.319 e. The third-order valence-electron chi connectivity index (χ3n) is 3.35. The average molecular weight is 327 g/mol. The molecule has 0 aliphatic heterocycles. The number of carbonyl (C=O) groups excluding carboxylic acids is 2. The van der Waals surface area contributed by atoms with Gasteiger partial charge in [0.25, 0.3) is 0 Å². The molecule has 0 saturated heterocycles. The van der Waals surface area contributed by atoms with Crippen molar-refractivity contribution < 1.29 is 14.3 Å². The minimum absolute atomic E-state index is 0.000217. The Morgan fingerprint density at radius 3 is 2.12 bits per heavy atom. The zero-order valence-electron chi connectivity index (χ0n) is 13.7. The molecule has 2 rings (SSSR count). The number of methoxy groups -OCH3 is 1. The van der Waals surface area contributed by atoms with Crippen molar-refractivity contribution in [2.24, 2.45) is 0 Å². The number of carbonyl (C=O) groups is 2. The summed E-state index contributed by atoms with van der Waals surface area (Å²) in [4.78, 5) is 23.5. The first kappa shape index (κ1) is 17.5. The van der Waals surface area contributed by atoms with Crippen molar-refractivity contribution in [2.45, 2.75) is 13.0 Å². The van der Waals surface area contributed by atoms with Crippen molar-refractivity contribution in [3.05, 3.63) is 60.2 Å². The van der Waals surface area contributed by atoms with Crippen molar-refractivity contribution in [1.29, 1.82) is 0 Å². The van der Waals surface area contributed by atoms with E-state index in [1.807, 2.05) is 37.3 Å². The van der Waals surface area contributed by atoms with E-state index in [4.69, 9.17) is 4.74 Å². The number of nitrogens with one attached hydrogen (secondary N) is 3. The Labute approximate surface area is 141 Å². The summed E-state index contributed by atoms with van der Waals surface area (Å²) >= 11 is 0. The van der Waals surface area contributed by atoms with Crippen molar-refractivity contribution in [3.8, 4) is 0 Å². The number of hydrogen-bond donors (Lipinski definition) is 3. The number of anilines is 2. The third-order valence-corrected chi connectivity index (χ3v) is 3.35. The molecule has 3 N–H and O–H groups in total. The molecule has 6 heteroatoms. The van der Waals surface area contributed by atoms with Gasteiger partial charge in [-0.25, -0.2) is 4.79 Å². The van der Waals surface area contributed by atoms with Crippen molar-refractivity contribution in [1.82, 2.24) is 5.32 Å². The number of hydrogen-bond acceptors (Lipinski definition) is 3. The Bertz CT molecular complexity index is 672. The maximum absolute atomic E-state index is 12.0. The number of urea groups is 1. The van der Waals surface area contributed by atoms with Crippen LogP contribution in [0.15, 0.2) is 54.6 Å². The Kier molecular flexibility index (Phi) is 6.33. The molecule has 0 spiro atoms. The first-order valence-electron chi connectivity index (χ1n) is 7.60. The van der Waals surface area contributed by atoms with Crippen LogP contribution in [0.5, 0.6) is 0 Å². The quantitative estimate of drug-likeness (QED) is 0.762. The van der Waals surface area contributed by atoms with E-state index in [1.165, 1.54) is 7.11 Å². The largest absolute Gasteiger partial charge is 0.375 e. The number of benzene rings is 2. The normalized spacial score (nSPS) is 11.4. The number of amides is 3. The van der Waals surface area contributed by atoms with E-state index < -0.39 is 0 Å². The third kappa shape index (κ3) is 5.40. The molecule has 0 unspecified atom stereocenters. The summed E-state index contributed by atoms with van der Waals surface area (Å²) < 4.78 is 4.75. The van der Waals surface area contributed by atoms with Crippen LogP contribution >= 0.6 is 0 Å². The van der Waals surface area contributed by atoms with Crippen LogP contribution in [0, 0.1) is 0 Å². The second-order valence-electron chi connectivity index (χ2n) is 5.29. The highest BCUT2D eigenvalue weighted by Gasteiger charge is 2.09. The minimum atomic E-state index is -0.289. The van der Waals surface area contributed by atoms with E-state index in [1.54, 1.807) is 24.3 Å². The molecule has 0 bridgehead atoms. The average Bonchev–Trinajstić information content (AvgIpc) is 2.57. The molecule has 0 aromatic heterocycles. The van der Waals surface area contributed by atoms with Gasteiger partial charge in [0, 0.05) is 18.5 Å². The van der Waals surface area contributed by atoms with Gasteiger partial charge in [0.05, 0.1) is 6.04 Å². The van der Waals surface area contributed by atoms with Crippen molar-refractivity contribution >= 4 is 23.3 Å². The Balaban J connectivity index is 1.86. The predicted octanol–water partition coefficient (Wildman–Crippen LogP) is 3.15. The monoisotopic (exact) mass is 327 g/mol. The molecule has 0 saturated carbocycles. The number of ether oxygens (including phenoxy) is 1. The first-order valence-corrected chi connectivity index (χ1v) is 7.60. The van der Waals surface area contributed by atoms with E-state index in [9.17, 15) is 9.59 Å². The maximum atomic E-state index is 12.0. The second-order valence-corrected chi connectivity index (χ2v) is 5.29. The van der Waals surface area contributed by atoms with Gasteiger partial charge in [-0.15, -0.1) is 0 Å². The van der Waals surface area contributed by atoms with Crippen LogP contribution in [0.1, 0.15) is 18.5 Å². The fourth-order valence-electron chi connectivity index (χ4n) is 2.15. The summed E-state index contributed by atoms with van der Waals surface area (Å²) in [5, 5.41) is 8.32. The van der Waals surface area contributed by atoms with Gasteiger partial charge in [0.2, 0.25) is 5.91 Å². The molecule has 2 aromatic rings. The smallest absolute Gasteiger partial charge is 0.319 e. The van der Waals surface area contributed by atoms with E-state index in [2.05, 4.69) is 16.0 Å². The van der Waals surface area contributed by atoms with Crippen LogP contribution in [0.2, 0.25) is 0 Å². The molecule has 0 aliphatic rings. The topological polar surface area (TPSA) is 79.5 Å². The molecule has 0 heterocycles. The van der Waals surface area contributed by atoms with Crippen molar-refractivity contribution in [3.63, 3.8) is 0 Å². The molecule has 1 atom stereocenters. The molecule has 126 valence electrons. The van der Waals surface area contributed by atoms with Crippen LogP contribution in [0.25, 0.3) is 0 Å². The molecule has 24 heavy (non-hydrogen) atoms. The van der Waals surface area contributed by atoms with Crippen molar-refractivity contribution in [2.75, 3.05) is 24.4 Å². The minimum Gasteiger partial charge on any atom is -0.375 e. The summed E-state index contributed by atoms with van der Waals surface area (Å²) in [5.74, 6) is -0.229. The van der Waals surface area contributed by atoms with Gasteiger partial charge in [-0.3, -0.25) is 4.79 Å². The Hall–Kier alpha value is -2.86. The van der Waals surface area contributed by atoms with Crippen LogP contribution in [-0.2, 0) is 9.53 Å². The van der Waals surface area contributed by atoms with Gasteiger partial charge in [-0.1, -0.05) is 30.3 Å². The lowest BCUT2D eigenvalue weighted by atomic mass is 10.1. The summed E-state index contributed by atoms with van der Waals surface area (Å²) in [7, 11) is 1.46. The van der Waals surface area contributed by atoms with Gasteiger partial charge in [-0.05, 0) is 36.8 Å². The lowest BCUT2D eigenvalue weighted by molar-refractivity contribution is -0.119. The zero-order chi connectivity index (χ0) is 17.4. The van der Waals surface area contributed by atoms with Gasteiger partial charge in [0.15, 0.2) is 0 Å². The fraction of sp³-hybridized carbons (Fsp3) is 0.222. The molecule has 0 aliphatic carbocycles. The first-order chi connectivity index (χ1) is 11.6. The van der Waals surface area contributed by atoms with E-state index in [0.717, 1.165) is 5.56 Å². The zero-order valence-corrected chi connectivity index (χ0v) is 13.7. The van der Waals surface area contributed by atoms with E-state index >= 15 is 0 Å². The molecule has 3 amide bonds. The summed E-state index contributed by atoms with van der Waals surface area (Å²) in [5.41, 5.74) is 2.31. The van der Waals surface area contributed by atoms with Gasteiger partial charge in [0.1, 0.15) is 6.61 Å². The lowest BCUT2D eigenvalue weighted by Crippen LogP contribution is -2.31. The lowest BCUT2D eigenvalue weighted by Gasteiger charge is -2.15. The van der Waals surface area contributed by atoms with Crippen LogP contribution in [-0.4, -0.2) is 25.7 Å². The molecular weight excluding hydrogens is 306 g/mol. The molecular formula is C18H21N3O3. The van der Waals surface area contributed by atoms with Crippen LogP contribution in [0.3, 0.4) is 0 Å². The highest BCUT2D eigenvalue weighted by atomic mass is 16.5. The van der Waals surface area contributed by atoms with Gasteiger partial charge < -0.3 is 20.7 Å². The summed E-state index contributed by atoms with van der Waals surface area (Å²) in [6.07, 6.45) is 0. The summed E-state index contributed by atoms with van der Waals surface area (Å²) in [6, 6.07) is 16.2. The second kappa shape index (κ2) is 8.69. The molecule has 0 radical (unpaired) electrons. The molecule has 2 aromatic carbocycles. The Morgan fingerprint density at radius 2 is 1.54 bits per heavy atom. The molecule has 0 fully saturated rings. The van der Waals surface area contributed by atoms with Gasteiger partial charge >= 0.3 is 6.03 Å². The standard InChI is InChI=1S/C18H21N3O3/c1-13(14-6-4-3-5-7-14)19-18(23)21-16-10-8-15(9-11-16)20-17(22)12-24-2/h3-11,13H,12H2,1-2H3,(H,20,22)(H2,19,21,23)/t13-/m1/s1.